The third-order valence-corrected chi connectivity index (χ3v) is 3.01. The number of nitrogens with one attached hydrogen (secondary N) is 1. The van der Waals surface area contributed by atoms with Gasteiger partial charge in [-0.1, -0.05) is 0 Å². The average molecular weight is 279 g/mol. The molecule has 0 aliphatic carbocycles. The number of carboxylic acids is 1. The maximum Gasteiger partial charge on any atom is 0.304 e. The van der Waals surface area contributed by atoms with Crippen LogP contribution in [0.2, 0.25) is 0 Å². The first kappa shape index (κ1) is 14.3. The molecule has 0 saturated carbocycles. The number of aliphatic carboxylic acids is 1. The summed E-state index contributed by atoms with van der Waals surface area (Å²) in [4.78, 5) is 22.6. The molecule has 0 fully saturated rings. The summed E-state index contributed by atoms with van der Waals surface area (Å²) in [7, 11) is 0. The molecule has 20 heavy (non-hydrogen) atoms. The quantitative estimate of drug-likeness (QED) is 0.758. The smallest absolute Gasteiger partial charge is 0.304 e. The number of Topliss-reactive ketones (excluding diaryl/α,β-unsaturated/α-hetero) is 1. The van der Waals surface area contributed by atoms with Gasteiger partial charge in [0.1, 0.15) is 13.2 Å². The summed E-state index contributed by atoms with van der Waals surface area (Å²) in [5.74, 6) is 0.211. The van der Waals surface area contributed by atoms with Gasteiger partial charge >= 0.3 is 5.97 Å². The molecule has 0 saturated heterocycles. The van der Waals surface area contributed by atoms with E-state index in [1.54, 1.807) is 25.1 Å². The predicted octanol–water partition coefficient (Wildman–Crippen LogP) is 1.09. The molecule has 1 aromatic rings. The van der Waals surface area contributed by atoms with Crippen LogP contribution in [-0.2, 0) is 4.79 Å². The van der Waals surface area contributed by atoms with Crippen molar-refractivity contribution in [2.45, 2.75) is 19.4 Å². The van der Waals surface area contributed by atoms with Gasteiger partial charge in [0.25, 0.3) is 0 Å². The van der Waals surface area contributed by atoms with Crippen molar-refractivity contribution in [2.24, 2.45) is 0 Å². The van der Waals surface area contributed by atoms with Gasteiger partial charge in [-0.2, -0.15) is 0 Å². The predicted molar refractivity (Wildman–Crippen MR) is 71.5 cm³/mol. The molecule has 1 unspecified atom stereocenters. The van der Waals surface area contributed by atoms with E-state index in [0.717, 1.165) is 0 Å². The topological polar surface area (TPSA) is 84.9 Å². The highest BCUT2D eigenvalue weighted by atomic mass is 16.6. The second-order valence-electron chi connectivity index (χ2n) is 4.54. The van der Waals surface area contributed by atoms with Gasteiger partial charge in [-0.15, -0.1) is 0 Å². The number of hydrogen-bond acceptors (Lipinski definition) is 5. The molecule has 1 heterocycles. The zero-order valence-electron chi connectivity index (χ0n) is 11.2. The van der Waals surface area contributed by atoms with Gasteiger partial charge in [0.2, 0.25) is 0 Å². The van der Waals surface area contributed by atoms with Gasteiger partial charge in [-0.25, -0.2) is 0 Å². The van der Waals surface area contributed by atoms with Crippen molar-refractivity contribution in [1.82, 2.24) is 5.32 Å². The molecule has 0 radical (unpaired) electrons. The van der Waals surface area contributed by atoms with Gasteiger partial charge < -0.3 is 19.9 Å². The van der Waals surface area contributed by atoms with Crippen LogP contribution in [0.4, 0.5) is 0 Å². The van der Waals surface area contributed by atoms with Crippen molar-refractivity contribution in [3.05, 3.63) is 23.8 Å². The van der Waals surface area contributed by atoms with Crippen LogP contribution in [0.15, 0.2) is 18.2 Å². The van der Waals surface area contributed by atoms with E-state index in [1.165, 1.54) is 0 Å². The Balaban J connectivity index is 1.99. The fraction of sp³-hybridized carbons (Fsp3) is 0.429. The zero-order valence-corrected chi connectivity index (χ0v) is 11.2. The van der Waals surface area contributed by atoms with E-state index in [-0.39, 0.29) is 18.7 Å². The first-order valence-electron chi connectivity index (χ1n) is 6.47. The minimum atomic E-state index is -0.892. The molecule has 0 spiro atoms. The van der Waals surface area contributed by atoms with Crippen LogP contribution in [-0.4, -0.2) is 42.7 Å². The van der Waals surface area contributed by atoms with Crippen molar-refractivity contribution >= 4 is 11.8 Å². The molecule has 0 amide bonds. The van der Waals surface area contributed by atoms with E-state index in [1.807, 2.05) is 0 Å². The molecular weight excluding hydrogens is 262 g/mol. The van der Waals surface area contributed by atoms with Gasteiger partial charge in [0.05, 0.1) is 12.5 Å². The second kappa shape index (κ2) is 6.38. The highest BCUT2D eigenvalue weighted by Crippen LogP contribution is 2.31. The molecule has 6 nitrogen and oxygen atoms in total. The van der Waals surface area contributed by atoms with E-state index >= 15 is 0 Å². The lowest BCUT2D eigenvalue weighted by atomic mass is 10.0. The fourth-order valence-corrected chi connectivity index (χ4v) is 1.93. The standard InChI is InChI=1S/C14H17NO5/c1-9(15-5-4-13(16)17)14(18)10-2-3-11-12(8-10)20-7-6-19-11/h2-3,8-9,15H,4-7H2,1H3,(H,16,17). The Morgan fingerprint density at radius 3 is 2.70 bits per heavy atom. The van der Waals surface area contributed by atoms with Crippen LogP contribution >= 0.6 is 0 Å². The summed E-state index contributed by atoms with van der Waals surface area (Å²) in [5.41, 5.74) is 0.518. The van der Waals surface area contributed by atoms with Crippen molar-refractivity contribution < 1.29 is 24.2 Å². The maximum absolute atomic E-state index is 12.2. The summed E-state index contributed by atoms with van der Waals surface area (Å²) in [6.45, 7) is 2.94. The highest BCUT2D eigenvalue weighted by molar-refractivity contribution is 6.00. The molecule has 0 aromatic heterocycles. The number of rotatable bonds is 6. The highest BCUT2D eigenvalue weighted by Gasteiger charge is 2.18. The van der Waals surface area contributed by atoms with Crippen LogP contribution in [0, 0.1) is 0 Å². The number of carbonyl (C=O) groups is 2. The Kier molecular flexibility index (Phi) is 4.57. The summed E-state index contributed by atoms with van der Waals surface area (Å²) in [5, 5.41) is 11.4. The van der Waals surface area contributed by atoms with Crippen molar-refractivity contribution in [3.8, 4) is 11.5 Å². The summed E-state index contributed by atoms with van der Waals surface area (Å²) in [6.07, 6.45) is -0.0151. The SMILES string of the molecule is CC(NCCC(=O)O)C(=O)c1ccc2c(c1)OCCO2. The Bertz CT molecular complexity index is 514. The number of hydrogen-bond donors (Lipinski definition) is 2. The van der Waals surface area contributed by atoms with Crippen LogP contribution in [0.3, 0.4) is 0 Å². The molecule has 2 rings (SSSR count). The van der Waals surface area contributed by atoms with Crippen molar-refractivity contribution in [2.75, 3.05) is 19.8 Å². The van der Waals surface area contributed by atoms with Crippen molar-refractivity contribution in [1.29, 1.82) is 0 Å². The van der Waals surface area contributed by atoms with E-state index in [9.17, 15) is 9.59 Å². The third-order valence-electron chi connectivity index (χ3n) is 3.01. The lowest BCUT2D eigenvalue weighted by Crippen LogP contribution is -2.35. The van der Waals surface area contributed by atoms with Crippen LogP contribution in [0.5, 0.6) is 11.5 Å². The minimum Gasteiger partial charge on any atom is -0.486 e. The van der Waals surface area contributed by atoms with Gasteiger partial charge in [-0.3, -0.25) is 9.59 Å². The molecule has 2 N–H and O–H groups in total. The largest absolute Gasteiger partial charge is 0.486 e. The number of carbonyl (C=O) groups excluding carboxylic acids is 1. The van der Waals surface area contributed by atoms with Crippen LogP contribution < -0.4 is 14.8 Å². The Morgan fingerprint density at radius 2 is 2.00 bits per heavy atom. The molecule has 1 aliphatic heterocycles. The van der Waals surface area contributed by atoms with Crippen molar-refractivity contribution in [3.63, 3.8) is 0 Å². The summed E-state index contributed by atoms with van der Waals surface area (Å²) < 4.78 is 10.8. The first-order valence-corrected chi connectivity index (χ1v) is 6.47. The third kappa shape index (κ3) is 3.48. The normalized spacial score (nSPS) is 14.7. The number of ether oxygens (including phenoxy) is 2. The van der Waals surface area contributed by atoms with Gasteiger partial charge in [0.15, 0.2) is 17.3 Å². The molecule has 108 valence electrons. The molecular formula is C14H17NO5. The van der Waals surface area contributed by atoms with Gasteiger partial charge in [-0.05, 0) is 25.1 Å². The Labute approximate surface area is 116 Å². The monoisotopic (exact) mass is 279 g/mol. The number of benzene rings is 1. The Morgan fingerprint density at radius 1 is 1.30 bits per heavy atom. The summed E-state index contributed by atoms with van der Waals surface area (Å²) in [6, 6.07) is 4.61. The maximum atomic E-state index is 12.2. The van der Waals surface area contributed by atoms with E-state index < -0.39 is 12.0 Å². The first-order chi connectivity index (χ1) is 9.58. The molecule has 1 aliphatic rings. The number of ketones is 1. The molecule has 1 atom stereocenters. The Hall–Kier alpha value is -2.08. The van der Waals surface area contributed by atoms with E-state index in [4.69, 9.17) is 14.6 Å². The lowest BCUT2D eigenvalue weighted by Gasteiger charge is -2.19. The number of carboxylic acid groups (broad SMARTS) is 1. The summed E-state index contributed by atoms with van der Waals surface area (Å²) >= 11 is 0. The minimum absolute atomic E-state index is 0.0151. The van der Waals surface area contributed by atoms with E-state index in [2.05, 4.69) is 5.32 Å². The molecule has 1 aromatic carbocycles. The molecule has 0 bridgehead atoms. The van der Waals surface area contributed by atoms with Crippen LogP contribution in [0.25, 0.3) is 0 Å². The molecule has 6 heteroatoms. The van der Waals surface area contributed by atoms with Crippen LogP contribution in [0.1, 0.15) is 23.7 Å². The lowest BCUT2D eigenvalue weighted by molar-refractivity contribution is -0.136. The average Bonchev–Trinajstić information content (AvgIpc) is 2.45. The zero-order chi connectivity index (χ0) is 14.5. The number of fused-ring (bicyclic) bond motifs is 1. The fourth-order valence-electron chi connectivity index (χ4n) is 1.93. The van der Waals surface area contributed by atoms with E-state index in [0.29, 0.717) is 30.3 Å². The van der Waals surface area contributed by atoms with Gasteiger partial charge in [0, 0.05) is 12.1 Å². The second-order valence-corrected chi connectivity index (χ2v) is 4.54.